The number of hydrogen-bond acceptors (Lipinski definition) is 4. The molecule has 3 nitrogen and oxygen atoms in total. The Balaban J connectivity index is 2.34. The molecule has 0 saturated carbocycles. The molecular weight excluding hydrogens is 232 g/mol. The van der Waals surface area contributed by atoms with E-state index in [1.807, 2.05) is 36.6 Å². The van der Waals surface area contributed by atoms with Gasteiger partial charge in [-0.15, -0.1) is 11.8 Å². The zero-order chi connectivity index (χ0) is 12.3. The van der Waals surface area contributed by atoms with Gasteiger partial charge in [0, 0.05) is 6.54 Å². The van der Waals surface area contributed by atoms with E-state index in [-0.39, 0.29) is 0 Å². The monoisotopic (exact) mass is 250 g/mol. The first-order valence-corrected chi connectivity index (χ1v) is 6.87. The molecule has 0 aromatic heterocycles. The molecule has 0 fully saturated rings. The Morgan fingerprint density at radius 3 is 2.76 bits per heavy atom. The van der Waals surface area contributed by atoms with E-state index in [1.165, 1.54) is 0 Å². The summed E-state index contributed by atoms with van der Waals surface area (Å²) in [5.74, 6) is 0. The van der Waals surface area contributed by atoms with E-state index in [2.05, 4.69) is 17.1 Å². The largest absolute Gasteiger partial charge is 0.391 e. The van der Waals surface area contributed by atoms with Gasteiger partial charge in [0.05, 0.1) is 6.21 Å². The van der Waals surface area contributed by atoms with Crippen LogP contribution >= 0.6 is 11.8 Å². The van der Waals surface area contributed by atoms with Crippen molar-refractivity contribution in [2.75, 3.05) is 12.8 Å². The van der Waals surface area contributed by atoms with Gasteiger partial charge in [0.25, 0.3) is 0 Å². The molecule has 0 spiro atoms. The summed E-state index contributed by atoms with van der Waals surface area (Å²) in [6.45, 7) is 3.43. The van der Waals surface area contributed by atoms with Crippen LogP contribution in [0.25, 0.3) is 0 Å². The van der Waals surface area contributed by atoms with Gasteiger partial charge in [0.1, 0.15) is 11.7 Å². The lowest BCUT2D eigenvalue weighted by Gasteiger charge is -1.99. The summed E-state index contributed by atoms with van der Waals surface area (Å²) in [6.07, 6.45) is 4.70. The molecule has 1 aromatic carbocycles. The molecule has 0 aliphatic rings. The first-order chi connectivity index (χ1) is 8.36. The van der Waals surface area contributed by atoms with E-state index in [1.54, 1.807) is 18.0 Å². The summed E-state index contributed by atoms with van der Waals surface area (Å²) < 4.78 is 0. The molecule has 0 saturated heterocycles. The van der Waals surface area contributed by atoms with Crippen molar-refractivity contribution in [3.05, 3.63) is 35.9 Å². The molecule has 0 heterocycles. The summed E-state index contributed by atoms with van der Waals surface area (Å²) in [6, 6.07) is 9.97. The third kappa shape index (κ3) is 6.12. The average Bonchev–Trinajstić information content (AvgIpc) is 2.39. The van der Waals surface area contributed by atoms with Crippen LogP contribution in [0, 0.1) is 0 Å². The summed E-state index contributed by atoms with van der Waals surface area (Å²) in [7, 11) is 0. The van der Waals surface area contributed by atoms with Crippen LogP contribution < -0.4 is 0 Å². The van der Waals surface area contributed by atoms with E-state index in [4.69, 9.17) is 4.84 Å². The van der Waals surface area contributed by atoms with Gasteiger partial charge in [-0.25, -0.2) is 0 Å². The van der Waals surface area contributed by atoms with Gasteiger partial charge in [-0.3, -0.25) is 4.99 Å². The number of aliphatic imine (C=N–C) groups is 1. The fraction of sp³-hybridized carbons (Fsp3) is 0.385. The third-order valence-corrected chi connectivity index (χ3v) is 2.66. The third-order valence-electron chi connectivity index (χ3n) is 2.01. The predicted molar refractivity (Wildman–Crippen MR) is 75.8 cm³/mol. The fourth-order valence-electron chi connectivity index (χ4n) is 1.15. The number of benzene rings is 1. The minimum absolute atomic E-state index is 0.493. The standard InChI is InChI=1S/C13H18N2OS/c1-3-9-14-13(17-2)10-15-16-11-12-7-5-4-6-8-12/h4-8,10H,3,9,11H2,1-2H3/b14-13?,15-10+. The molecule has 1 aromatic rings. The van der Waals surface area contributed by atoms with Gasteiger partial charge < -0.3 is 4.84 Å². The van der Waals surface area contributed by atoms with Crippen molar-refractivity contribution in [2.45, 2.75) is 20.0 Å². The number of thioether (sulfide) groups is 1. The Morgan fingerprint density at radius 1 is 1.35 bits per heavy atom. The lowest BCUT2D eigenvalue weighted by Crippen LogP contribution is -1.96. The molecule has 0 N–H and O–H groups in total. The van der Waals surface area contributed by atoms with Crippen molar-refractivity contribution in [3.63, 3.8) is 0 Å². The summed E-state index contributed by atoms with van der Waals surface area (Å²) in [5, 5.41) is 4.82. The average molecular weight is 250 g/mol. The molecule has 0 amide bonds. The van der Waals surface area contributed by atoms with E-state index in [9.17, 15) is 0 Å². The van der Waals surface area contributed by atoms with Crippen LogP contribution in [0.5, 0.6) is 0 Å². The van der Waals surface area contributed by atoms with Crippen LogP contribution in [0.3, 0.4) is 0 Å². The zero-order valence-corrected chi connectivity index (χ0v) is 11.1. The first-order valence-electron chi connectivity index (χ1n) is 5.64. The second-order valence-electron chi connectivity index (χ2n) is 3.42. The molecule has 0 radical (unpaired) electrons. The molecular formula is C13H18N2OS. The Kier molecular flexibility index (Phi) is 7.14. The van der Waals surface area contributed by atoms with Crippen molar-refractivity contribution in [1.29, 1.82) is 0 Å². The van der Waals surface area contributed by atoms with Gasteiger partial charge in [0.2, 0.25) is 0 Å². The maximum absolute atomic E-state index is 5.21. The Morgan fingerprint density at radius 2 is 2.12 bits per heavy atom. The van der Waals surface area contributed by atoms with Gasteiger partial charge in [0.15, 0.2) is 0 Å². The highest BCUT2D eigenvalue weighted by molar-refractivity contribution is 8.14. The van der Waals surface area contributed by atoms with Crippen molar-refractivity contribution < 1.29 is 4.84 Å². The Hall–Kier alpha value is -1.29. The molecule has 4 heteroatoms. The maximum atomic E-state index is 5.21. The molecule has 0 atom stereocenters. The normalized spacial score (nSPS) is 12.0. The van der Waals surface area contributed by atoms with E-state index >= 15 is 0 Å². The molecule has 1 rings (SSSR count). The highest BCUT2D eigenvalue weighted by atomic mass is 32.2. The lowest BCUT2D eigenvalue weighted by molar-refractivity contribution is 0.132. The van der Waals surface area contributed by atoms with Gasteiger partial charge in [-0.05, 0) is 18.2 Å². The highest BCUT2D eigenvalue weighted by Gasteiger charge is 1.92. The number of oxime groups is 1. The van der Waals surface area contributed by atoms with Crippen molar-refractivity contribution >= 4 is 23.0 Å². The van der Waals surface area contributed by atoms with Crippen LogP contribution in [0.4, 0.5) is 0 Å². The summed E-state index contributed by atoms with van der Waals surface area (Å²) >= 11 is 1.58. The van der Waals surface area contributed by atoms with E-state index in [0.717, 1.165) is 23.6 Å². The van der Waals surface area contributed by atoms with Crippen LogP contribution in [0.15, 0.2) is 40.5 Å². The van der Waals surface area contributed by atoms with Crippen LogP contribution in [0.2, 0.25) is 0 Å². The summed E-state index contributed by atoms with van der Waals surface area (Å²) in [5.41, 5.74) is 1.11. The summed E-state index contributed by atoms with van der Waals surface area (Å²) in [4.78, 5) is 9.56. The molecule has 0 bridgehead atoms. The van der Waals surface area contributed by atoms with Crippen LogP contribution in [-0.4, -0.2) is 24.1 Å². The number of rotatable bonds is 6. The van der Waals surface area contributed by atoms with Crippen molar-refractivity contribution in [1.82, 2.24) is 0 Å². The van der Waals surface area contributed by atoms with Gasteiger partial charge in [-0.2, -0.15) is 0 Å². The molecule has 0 unspecified atom stereocenters. The quantitative estimate of drug-likeness (QED) is 0.441. The Labute approximate surface area is 107 Å². The lowest BCUT2D eigenvalue weighted by atomic mass is 10.2. The van der Waals surface area contributed by atoms with E-state index in [0.29, 0.717) is 6.61 Å². The smallest absolute Gasteiger partial charge is 0.142 e. The van der Waals surface area contributed by atoms with Gasteiger partial charge in [-0.1, -0.05) is 42.4 Å². The Bertz CT molecular complexity index is 363. The molecule has 92 valence electrons. The van der Waals surface area contributed by atoms with Gasteiger partial charge >= 0.3 is 0 Å². The SMILES string of the molecule is CCCN=C(/C=N/OCc1ccccc1)SC. The fourth-order valence-corrected chi connectivity index (χ4v) is 1.52. The topological polar surface area (TPSA) is 34.0 Å². The molecule has 17 heavy (non-hydrogen) atoms. The van der Waals surface area contributed by atoms with Crippen LogP contribution in [-0.2, 0) is 11.4 Å². The maximum Gasteiger partial charge on any atom is 0.142 e. The second kappa shape index (κ2) is 8.82. The number of hydrogen-bond donors (Lipinski definition) is 0. The zero-order valence-electron chi connectivity index (χ0n) is 10.3. The first kappa shape index (κ1) is 13.8. The minimum atomic E-state index is 0.493. The number of nitrogens with zero attached hydrogens (tertiary/aromatic N) is 2. The van der Waals surface area contributed by atoms with Crippen molar-refractivity contribution in [3.8, 4) is 0 Å². The molecule has 0 aliphatic heterocycles. The van der Waals surface area contributed by atoms with Crippen molar-refractivity contribution in [2.24, 2.45) is 10.1 Å². The van der Waals surface area contributed by atoms with Crippen LogP contribution in [0.1, 0.15) is 18.9 Å². The highest BCUT2D eigenvalue weighted by Crippen LogP contribution is 2.01. The predicted octanol–water partition coefficient (Wildman–Crippen LogP) is 3.36. The second-order valence-corrected chi connectivity index (χ2v) is 4.24. The minimum Gasteiger partial charge on any atom is -0.391 e. The molecule has 0 aliphatic carbocycles. The van der Waals surface area contributed by atoms with E-state index < -0.39 is 0 Å².